The topological polar surface area (TPSA) is 79.2 Å². The van der Waals surface area contributed by atoms with Crippen molar-refractivity contribution in [2.24, 2.45) is 0 Å². The van der Waals surface area contributed by atoms with E-state index in [1.54, 1.807) is 4.68 Å². The molecule has 0 saturated carbocycles. The molecule has 2 amide bonds. The average Bonchev–Trinajstić information content (AvgIpc) is 2.83. The second-order valence-electron chi connectivity index (χ2n) is 4.66. The van der Waals surface area contributed by atoms with Gasteiger partial charge in [-0.05, 0) is 19.4 Å². The molecule has 2 rings (SSSR count). The third-order valence-corrected chi connectivity index (χ3v) is 3.09. The van der Waals surface area contributed by atoms with Crippen LogP contribution < -0.4 is 10.6 Å². The fraction of sp³-hybridized carbons (Fsp3) is 0.333. The highest BCUT2D eigenvalue weighted by atomic mass is 16.3. The number of benzene rings is 1. The van der Waals surface area contributed by atoms with Crippen LogP contribution in [0.25, 0.3) is 11.3 Å². The van der Waals surface area contributed by atoms with Gasteiger partial charge in [0.25, 0.3) is 0 Å². The smallest absolute Gasteiger partial charge is 0.320 e. The lowest BCUT2D eigenvalue weighted by atomic mass is 10.1. The van der Waals surface area contributed by atoms with Gasteiger partial charge in [-0.2, -0.15) is 5.10 Å². The maximum Gasteiger partial charge on any atom is 0.320 e. The van der Waals surface area contributed by atoms with E-state index >= 15 is 0 Å². The van der Waals surface area contributed by atoms with Gasteiger partial charge in [0.2, 0.25) is 0 Å². The van der Waals surface area contributed by atoms with Crippen molar-refractivity contribution >= 4 is 11.8 Å². The van der Waals surface area contributed by atoms with Gasteiger partial charge < -0.3 is 10.4 Å². The monoisotopic (exact) mass is 288 g/mol. The van der Waals surface area contributed by atoms with Crippen molar-refractivity contribution in [2.75, 3.05) is 18.5 Å². The molecular weight excluding hydrogens is 268 g/mol. The quantitative estimate of drug-likeness (QED) is 0.787. The Bertz CT molecular complexity index is 622. The predicted molar refractivity (Wildman–Crippen MR) is 82.2 cm³/mol. The van der Waals surface area contributed by atoms with Crippen LogP contribution in [0.3, 0.4) is 0 Å². The van der Waals surface area contributed by atoms with E-state index in [1.165, 1.54) is 0 Å². The second kappa shape index (κ2) is 6.90. The molecule has 1 aromatic carbocycles. The minimum absolute atomic E-state index is 0.0427. The molecule has 6 heteroatoms. The number of aromatic nitrogens is 2. The first-order valence-corrected chi connectivity index (χ1v) is 6.95. The maximum absolute atomic E-state index is 11.7. The second-order valence-corrected chi connectivity index (χ2v) is 4.66. The van der Waals surface area contributed by atoms with E-state index in [0.29, 0.717) is 18.9 Å². The highest BCUT2D eigenvalue weighted by Crippen LogP contribution is 2.24. The van der Waals surface area contributed by atoms with Crippen molar-refractivity contribution < 1.29 is 9.90 Å². The normalized spacial score (nSPS) is 10.4. The number of aryl methyl sites for hydroxylation is 1. The number of urea groups is 1. The number of anilines is 1. The van der Waals surface area contributed by atoms with Crippen LogP contribution in [0.4, 0.5) is 10.6 Å². The van der Waals surface area contributed by atoms with Crippen molar-refractivity contribution in [1.29, 1.82) is 0 Å². The van der Waals surface area contributed by atoms with Crippen LogP contribution in [-0.2, 0) is 6.54 Å². The standard InChI is InChI=1S/C15H20N4O2/c1-3-16-15(21)17-14-10-13(18-19(14)8-9-20)12-7-5-4-6-11(12)2/h4-7,10,20H,3,8-9H2,1-2H3,(H2,16,17,21). The van der Waals surface area contributed by atoms with E-state index in [-0.39, 0.29) is 12.6 Å². The van der Waals surface area contributed by atoms with E-state index < -0.39 is 0 Å². The van der Waals surface area contributed by atoms with Gasteiger partial charge in [-0.15, -0.1) is 0 Å². The summed E-state index contributed by atoms with van der Waals surface area (Å²) in [5.41, 5.74) is 2.89. The van der Waals surface area contributed by atoms with Gasteiger partial charge in [0.05, 0.1) is 18.8 Å². The lowest BCUT2D eigenvalue weighted by Gasteiger charge is -2.07. The highest BCUT2D eigenvalue weighted by molar-refractivity contribution is 5.89. The largest absolute Gasteiger partial charge is 0.394 e. The minimum atomic E-state index is -0.284. The molecule has 3 N–H and O–H groups in total. The molecule has 0 atom stereocenters. The summed E-state index contributed by atoms with van der Waals surface area (Å²) in [6.45, 7) is 4.69. The SMILES string of the molecule is CCNC(=O)Nc1cc(-c2ccccc2C)nn1CCO. The van der Waals surface area contributed by atoms with Crippen molar-refractivity contribution in [3.05, 3.63) is 35.9 Å². The summed E-state index contributed by atoms with van der Waals surface area (Å²) < 4.78 is 1.59. The van der Waals surface area contributed by atoms with Gasteiger partial charge in [-0.3, -0.25) is 5.32 Å². The fourth-order valence-corrected chi connectivity index (χ4v) is 2.10. The molecule has 112 valence electrons. The molecule has 0 radical (unpaired) electrons. The number of rotatable bonds is 5. The van der Waals surface area contributed by atoms with Crippen LogP contribution in [0.5, 0.6) is 0 Å². The van der Waals surface area contributed by atoms with Crippen LogP contribution in [0.1, 0.15) is 12.5 Å². The Morgan fingerprint density at radius 2 is 2.14 bits per heavy atom. The Balaban J connectivity index is 2.32. The number of aliphatic hydroxyl groups is 1. The van der Waals surface area contributed by atoms with Crippen molar-refractivity contribution in [3.8, 4) is 11.3 Å². The summed E-state index contributed by atoms with van der Waals surface area (Å²) in [6, 6.07) is 9.44. The minimum Gasteiger partial charge on any atom is -0.394 e. The summed E-state index contributed by atoms with van der Waals surface area (Å²) in [5.74, 6) is 0.563. The van der Waals surface area contributed by atoms with Crippen LogP contribution in [0.2, 0.25) is 0 Å². The molecule has 6 nitrogen and oxygen atoms in total. The first kappa shape index (κ1) is 15.1. The molecule has 0 aliphatic rings. The molecular formula is C15H20N4O2. The number of hydrogen-bond donors (Lipinski definition) is 3. The molecule has 0 saturated heterocycles. The summed E-state index contributed by atoms with van der Waals surface area (Å²) in [6.07, 6.45) is 0. The number of aliphatic hydroxyl groups excluding tert-OH is 1. The molecule has 0 aliphatic carbocycles. The summed E-state index contributed by atoms with van der Waals surface area (Å²) in [4.78, 5) is 11.7. The van der Waals surface area contributed by atoms with Gasteiger partial charge in [0.1, 0.15) is 5.82 Å². The van der Waals surface area contributed by atoms with E-state index in [0.717, 1.165) is 16.8 Å². The number of nitrogens with zero attached hydrogens (tertiary/aromatic N) is 2. The fourth-order valence-electron chi connectivity index (χ4n) is 2.10. The Kier molecular flexibility index (Phi) is 4.94. The predicted octanol–water partition coefficient (Wildman–Crippen LogP) is 1.99. The molecule has 0 fully saturated rings. The molecule has 21 heavy (non-hydrogen) atoms. The Morgan fingerprint density at radius 3 is 2.81 bits per heavy atom. The molecule has 0 aliphatic heterocycles. The highest BCUT2D eigenvalue weighted by Gasteiger charge is 2.12. The molecule has 0 bridgehead atoms. The zero-order valence-corrected chi connectivity index (χ0v) is 12.3. The molecule has 0 spiro atoms. The first-order valence-electron chi connectivity index (χ1n) is 6.95. The van der Waals surface area contributed by atoms with Crippen molar-refractivity contribution in [3.63, 3.8) is 0 Å². The van der Waals surface area contributed by atoms with Crippen LogP contribution in [0.15, 0.2) is 30.3 Å². The molecule has 1 heterocycles. The molecule has 0 unspecified atom stereocenters. The van der Waals surface area contributed by atoms with E-state index in [2.05, 4.69) is 15.7 Å². The summed E-state index contributed by atoms with van der Waals surface area (Å²) in [7, 11) is 0. The van der Waals surface area contributed by atoms with Gasteiger partial charge in [0.15, 0.2) is 0 Å². The lowest BCUT2D eigenvalue weighted by molar-refractivity contribution is 0.251. The third-order valence-electron chi connectivity index (χ3n) is 3.09. The molecule has 2 aromatic rings. The number of nitrogens with one attached hydrogen (secondary N) is 2. The van der Waals surface area contributed by atoms with Crippen molar-refractivity contribution in [1.82, 2.24) is 15.1 Å². The Labute approximate surface area is 123 Å². The number of carbonyl (C=O) groups is 1. The first-order chi connectivity index (χ1) is 10.2. The van der Waals surface area contributed by atoms with Gasteiger partial charge in [-0.25, -0.2) is 9.48 Å². The Hall–Kier alpha value is -2.34. The summed E-state index contributed by atoms with van der Waals surface area (Å²) >= 11 is 0. The van der Waals surface area contributed by atoms with Gasteiger partial charge in [0, 0.05) is 18.2 Å². The number of carbonyl (C=O) groups excluding carboxylic acids is 1. The number of amides is 2. The maximum atomic E-state index is 11.7. The zero-order chi connectivity index (χ0) is 15.2. The van der Waals surface area contributed by atoms with Crippen molar-refractivity contribution in [2.45, 2.75) is 20.4 Å². The third kappa shape index (κ3) is 3.61. The number of hydrogen-bond acceptors (Lipinski definition) is 3. The summed E-state index contributed by atoms with van der Waals surface area (Å²) in [5, 5.41) is 19.0. The lowest BCUT2D eigenvalue weighted by Crippen LogP contribution is -2.29. The van der Waals surface area contributed by atoms with E-state index in [4.69, 9.17) is 5.11 Å². The van der Waals surface area contributed by atoms with Crippen LogP contribution in [-0.4, -0.2) is 34.1 Å². The van der Waals surface area contributed by atoms with Crippen LogP contribution in [0, 0.1) is 6.92 Å². The van der Waals surface area contributed by atoms with Gasteiger partial charge in [-0.1, -0.05) is 24.3 Å². The zero-order valence-electron chi connectivity index (χ0n) is 12.3. The van der Waals surface area contributed by atoms with Crippen LogP contribution >= 0.6 is 0 Å². The van der Waals surface area contributed by atoms with Gasteiger partial charge >= 0.3 is 6.03 Å². The average molecular weight is 288 g/mol. The Morgan fingerprint density at radius 1 is 1.38 bits per heavy atom. The van der Waals surface area contributed by atoms with E-state index in [9.17, 15) is 4.79 Å². The molecule has 1 aromatic heterocycles. The van der Waals surface area contributed by atoms with E-state index in [1.807, 2.05) is 44.2 Å².